The number of hydrogen-bond donors (Lipinski definition) is 1. The van der Waals surface area contributed by atoms with Crippen molar-refractivity contribution in [3.8, 4) is 0 Å². The van der Waals surface area contributed by atoms with E-state index in [9.17, 15) is 18.0 Å². The third kappa shape index (κ3) is 8.97. The maximum atomic E-state index is 14.4. The van der Waals surface area contributed by atoms with Crippen molar-refractivity contribution < 1.29 is 18.0 Å². The highest BCUT2D eigenvalue weighted by molar-refractivity contribution is 7.92. The highest BCUT2D eigenvalue weighted by Crippen LogP contribution is 2.29. The lowest BCUT2D eigenvalue weighted by Crippen LogP contribution is -2.55. The van der Waals surface area contributed by atoms with Gasteiger partial charge >= 0.3 is 0 Å². The van der Waals surface area contributed by atoms with Gasteiger partial charge in [-0.25, -0.2) is 8.42 Å². The van der Waals surface area contributed by atoms with E-state index < -0.39 is 28.5 Å². The van der Waals surface area contributed by atoms with E-state index in [4.69, 9.17) is 23.2 Å². The second-order valence-electron chi connectivity index (χ2n) is 11.4. The minimum absolute atomic E-state index is 0.0168. The molecule has 3 aromatic carbocycles. The normalized spacial score (nSPS) is 14.6. The summed E-state index contributed by atoms with van der Waals surface area (Å²) in [6, 6.07) is 19.0. The Labute approximate surface area is 265 Å². The number of rotatable bonds is 11. The monoisotopic (exact) mass is 643 g/mol. The van der Waals surface area contributed by atoms with Crippen molar-refractivity contribution in [2.75, 3.05) is 17.1 Å². The van der Waals surface area contributed by atoms with E-state index in [1.54, 1.807) is 30.3 Å². The Morgan fingerprint density at radius 3 is 2.09 bits per heavy atom. The van der Waals surface area contributed by atoms with Crippen LogP contribution in [0.4, 0.5) is 5.69 Å². The molecule has 0 radical (unpaired) electrons. The van der Waals surface area contributed by atoms with Gasteiger partial charge in [-0.1, -0.05) is 84.9 Å². The molecule has 0 bridgehead atoms. The van der Waals surface area contributed by atoms with Crippen molar-refractivity contribution in [2.45, 2.75) is 71.0 Å². The highest BCUT2D eigenvalue weighted by atomic mass is 35.5. The quantitative estimate of drug-likeness (QED) is 0.260. The Morgan fingerprint density at radius 2 is 1.51 bits per heavy atom. The molecule has 1 aliphatic rings. The van der Waals surface area contributed by atoms with Crippen LogP contribution in [0.2, 0.25) is 10.0 Å². The van der Waals surface area contributed by atoms with E-state index in [0.29, 0.717) is 21.3 Å². The van der Waals surface area contributed by atoms with Gasteiger partial charge in [0.1, 0.15) is 12.6 Å². The van der Waals surface area contributed by atoms with Gasteiger partial charge in [0.2, 0.25) is 21.8 Å². The molecule has 3 aromatic rings. The fourth-order valence-electron chi connectivity index (χ4n) is 5.66. The Hall–Kier alpha value is -3.07. The Kier molecular flexibility index (Phi) is 11.2. The second-order valence-corrected chi connectivity index (χ2v) is 14.1. The maximum absolute atomic E-state index is 14.4. The topological polar surface area (TPSA) is 86.8 Å². The standard InChI is InChI=1S/C33H39Cl2N3O4S/c1-23-17-24(2)19-27(18-23)38(43(3,41)42)22-32(39)37(21-28-29(34)15-10-16-30(28)35)31(20-25-11-6-4-7-12-25)33(40)36-26-13-8-5-9-14-26/h4,6-7,10-12,15-19,26,31H,5,8-9,13-14,20-22H2,1-3H3,(H,36,40). The average molecular weight is 645 g/mol. The van der Waals surface area contributed by atoms with Gasteiger partial charge in [0.05, 0.1) is 11.9 Å². The zero-order valence-corrected chi connectivity index (χ0v) is 27.2. The van der Waals surface area contributed by atoms with E-state index in [1.807, 2.05) is 50.2 Å². The second kappa shape index (κ2) is 14.6. The number of aryl methyl sites for hydroxylation is 2. The number of anilines is 1. The summed E-state index contributed by atoms with van der Waals surface area (Å²) in [4.78, 5) is 29.8. The largest absolute Gasteiger partial charge is 0.352 e. The zero-order chi connectivity index (χ0) is 31.1. The number of carbonyl (C=O) groups is 2. The van der Waals surface area contributed by atoms with Crippen LogP contribution in [0.25, 0.3) is 0 Å². The lowest BCUT2D eigenvalue weighted by molar-refractivity contribution is -0.140. The van der Waals surface area contributed by atoms with E-state index in [2.05, 4.69) is 5.32 Å². The smallest absolute Gasteiger partial charge is 0.244 e. The molecule has 43 heavy (non-hydrogen) atoms. The average Bonchev–Trinajstić information content (AvgIpc) is 2.94. The minimum Gasteiger partial charge on any atom is -0.352 e. The van der Waals surface area contributed by atoms with Gasteiger partial charge in [-0.3, -0.25) is 13.9 Å². The first-order valence-electron chi connectivity index (χ1n) is 14.5. The Morgan fingerprint density at radius 1 is 0.907 bits per heavy atom. The highest BCUT2D eigenvalue weighted by Gasteiger charge is 2.34. The first kappa shape index (κ1) is 32.8. The minimum atomic E-state index is -3.86. The Balaban J connectivity index is 1.77. The summed E-state index contributed by atoms with van der Waals surface area (Å²) in [6.07, 6.45) is 6.26. The van der Waals surface area contributed by atoms with Crippen LogP contribution in [0, 0.1) is 13.8 Å². The summed E-state index contributed by atoms with van der Waals surface area (Å²) in [5, 5.41) is 3.89. The zero-order valence-electron chi connectivity index (χ0n) is 24.9. The van der Waals surface area contributed by atoms with Gasteiger partial charge in [0.15, 0.2) is 0 Å². The molecule has 1 atom stereocenters. The number of halogens is 2. The van der Waals surface area contributed by atoms with Crippen LogP contribution < -0.4 is 9.62 Å². The number of hydrogen-bond acceptors (Lipinski definition) is 4. The van der Waals surface area contributed by atoms with Crippen molar-refractivity contribution >= 4 is 50.7 Å². The molecule has 0 saturated heterocycles. The van der Waals surface area contributed by atoms with Crippen molar-refractivity contribution in [1.82, 2.24) is 10.2 Å². The lowest BCUT2D eigenvalue weighted by atomic mass is 9.94. The summed E-state index contributed by atoms with van der Waals surface area (Å²) in [6.45, 7) is 3.18. The van der Waals surface area contributed by atoms with Crippen molar-refractivity contribution in [2.24, 2.45) is 0 Å². The van der Waals surface area contributed by atoms with Crippen molar-refractivity contribution in [1.29, 1.82) is 0 Å². The maximum Gasteiger partial charge on any atom is 0.244 e. The van der Waals surface area contributed by atoms with Crippen LogP contribution in [0.3, 0.4) is 0 Å². The predicted octanol–water partition coefficient (Wildman–Crippen LogP) is 6.47. The number of nitrogens with zero attached hydrogens (tertiary/aromatic N) is 2. The number of carbonyl (C=O) groups excluding carboxylic acids is 2. The fourth-order valence-corrected chi connectivity index (χ4v) is 7.01. The van der Waals surface area contributed by atoms with Gasteiger partial charge in [-0.05, 0) is 67.6 Å². The van der Waals surface area contributed by atoms with Crippen LogP contribution in [0.1, 0.15) is 54.4 Å². The molecule has 230 valence electrons. The van der Waals surface area contributed by atoms with Crippen molar-refractivity contribution in [3.05, 3.63) is 99.0 Å². The third-order valence-electron chi connectivity index (χ3n) is 7.79. The number of sulfonamides is 1. The first-order chi connectivity index (χ1) is 20.4. The molecule has 7 nitrogen and oxygen atoms in total. The SMILES string of the molecule is Cc1cc(C)cc(N(CC(=O)N(Cc2c(Cl)cccc2Cl)C(Cc2ccccc2)C(=O)NC2CCCCC2)S(C)(=O)=O)c1. The molecule has 10 heteroatoms. The number of nitrogens with one attached hydrogen (secondary N) is 1. The first-order valence-corrected chi connectivity index (χ1v) is 17.2. The van der Waals surface area contributed by atoms with Crippen LogP contribution in [-0.4, -0.2) is 50.0 Å². The fraction of sp³-hybridized carbons (Fsp3) is 0.394. The molecule has 1 fully saturated rings. The Bertz CT molecular complexity index is 1500. The number of amides is 2. The van der Waals surface area contributed by atoms with Crippen LogP contribution in [-0.2, 0) is 32.6 Å². The number of benzene rings is 3. The summed E-state index contributed by atoms with van der Waals surface area (Å²) in [7, 11) is -3.86. The molecular formula is C33H39Cl2N3O4S. The molecule has 0 aromatic heterocycles. The lowest BCUT2D eigenvalue weighted by Gasteiger charge is -2.35. The van der Waals surface area contributed by atoms with Gasteiger partial charge in [-0.2, -0.15) is 0 Å². The summed E-state index contributed by atoms with van der Waals surface area (Å²) in [5.41, 5.74) is 3.47. The van der Waals surface area contributed by atoms with Crippen LogP contribution >= 0.6 is 23.2 Å². The molecule has 0 spiro atoms. The molecular weight excluding hydrogens is 605 g/mol. The van der Waals surface area contributed by atoms with E-state index in [1.165, 1.54) is 4.90 Å². The van der Waals surface area contributed by atoms with Crippen LogP contribution in [0.15, 0.2) is 66.7 Å². The molecule has 0 aliphatic heterocycles. The van der Waals surface area contributed by atoms with Gasteiger partial charge in [0.25, 0.3) is 0 Å². The molecule has 0 heterocycles. The van der Waals surface area contributed by atoms with E-state index >= 15 is 0 Å². The molecule has 1 unspecified atom stereocenters. The van der Waals surface area contributed by atoms with Gasteiger partial charge in [0, 0.05) is 34.6 Å². The third-order valence-corrected chi connectivity index (χ3v) is 9.64. The summed E-state index contributed by atoms with van der Waals surface area (Å²) in [5.74, 6) is -0.829. The van der Waals surface area contributed by atoms with Gasteiger partial charge < -0.3 is 10.2 Å². The van der Waals surface area contributed by atoms with E-state index in [-0.39, 0.29) is 24.9 Å². The summed E-state index contributed by atoms with van der Waals surface area (Å²) >= 11 is 13.1. The predicted molar refractivity (Wildman–Crippen MR) is 174 cm³/mol. The summed E-state index contributed by atoms with van der Waals surface area (Å²) < 4.78 is 27.2. The molecule has 4 rings (SSSR count). The molecule has 1 saturated carbocycles. The van der Waals surface area contributed by atoms with Gasteiger partial charge in [-0.15, -0.1) is 0 Å². The molecule has 2 amide bonds. The molecule has 1 N–H and O–H groups in total. The molecule has 1 aliphatic carbocycles. The van der Waals surface area contributed by atoms with Crippen LogP contribution in [0.5, 0.6) is 0 Å². The van der Waals surface area contributed by atoms with E-state index in [0.717, 1.165) is 59.4 Å². The van der Waals surface area contributed by atoms with Crippen molar-refractivity contribution in [3.63, 3.8) is 0 Å².